The van der Waals surface area contributed by atoms with Gasteiger partial charge >= 0.3 is 5.97 Å². The van der Waals surface area contributed by atoms with Crippen molar-refractivity contribution in [2.45, 2.75) is 13.8 Å². The van der Waals surface area contributed by atoms with Gasteiger partial charge in [0.15, 0.2) is 6.61 Å². The Morgan fingerprint density at radius 1 is 1.04 bits per heavy atom. The summed E-state index contributed by atoms with van der Waals surface area (Å²) in [5, 5.41) is 2.74. The second-order valence-corrected chi connectivity index (χ2v) is 5.92. The number of nitrogens with one attached hydrogen (secondary N) is 1. The third kappa shape index (κ3) is 5.88. The maximum absolute atomic E-state index is 12.0. The molecule has 0 spiro atoms. The standard InChI is InChI=1S/C21H23NO5/c1-14-5-6-15(2)18(11-14)22-20(23)13-27-21(24)10-7-16-12-17(25-3)8-9-19(16)26-4/h5-12H,13H2,1-4H3,(H,22,23)/b10-7+. The largest absolute Gasteiger partial charge is 0.497 e. The lowest BCUT2D eigenvalue weighted by molar-refractivity contribution is -0.142. The first kappa shape index (κ1) is 20.0. The number of rotatable bonds is 7. The fourth-order valence-electron chi connectivity index (χ4n) is 2.37. The highest BCUT2D eigenvalue weighted by atomic mass is 16.5. The van der Waals surface area contributed by atoms with Crippen molar-refractivity contribution in [2.24, 2.45) is 0 Å². The molecule has 0 heterocycles. The first-order valence-electron chi connectivity index (χ1n) is 8.37. The van der Waals surface area contributed by atoms with Crippen molar-refractivity contribution in [2.75, 3.05) is 26.1 Å². The van der Waals surface area contributed by atoms with Gasteiger partial charge in [-0.2, -0.15) is 0 Å². The van der Waals surface area contributed by atoms with E-state index in [1.165, 1.54) is 13.2 Å². The van der Waals surface area contributed by atoms with E-state index in [1.807, 2.05) is 32.0 Å². The van der Waals surface area contributed by atoms with E-state index in [-0.39, 0.29) is 6.61 Å². The second kappa shape index (κ2) is 9.43. The van der Waals surface area contributed by atoms with Gasteiger partial charge in [0.2, 0.25) is 0 Å². The van der Waals surface area contributed by atoms with Crippen molar-refractivity contribution in [3.63, 3.8) is 0 Å². The fraction of sp³-hybridized carbons (Fsp3) is 0.238. The molecule has 0 aliphatic rings. The molecule has 0 aliphatic carbocycles. The number of carbonyl (C=O) groups excluding carboxylic acids is 2. The van der Waals surface area contributed by atoms with Gasteiger partial charge in [-0.3, -0.25) is 4.79 Å². The minimum Gasteiger partial charge on any atom is -0.497 e. The number of carbonyl (C=O) groups is 2. The summed E-state index contributed by atoms with van der Waals surface area (Å²) in [6, 6.07) is 11.0. The van der Waals surface area contributed by atoms with Crippen LogP contribution in [0.4, 0.5) is 5.69 Å². The lowest BCUT2D eigenvalue weighted by Gasteiger charge is -2.09. The predicted octanol–water partition coefficient (Wildman–Crippen LogP) is 3.52. The molecule has 1 amide bonds. The van der Waals surface area contributed by atoms with Gasteiger partial charge in [-0.05, 0) is 55.3 Å². The molecule has 0 radical (unpaired) electrons. The zero-order chi connectivity index (χ0) is 19.8. The zero-order valence-corrected chi connectivity index (χ0v) is 15.9. The van der Waals surface area contributed by atoms with Crippen LogP contribution < -0.4 is 14.8 Å². The highest BCUT2D eigenvalue weighted by molar-refractivity contribution is 5.95. The normalized spacial score (nSPS) is 10.5. The maximum Gasteiger partial charge on any atom is 0.331 e. The minimum absolute atomic E-state index is 0.369. The molecule has 0 saturated carbocycles. The van der Waals surface area contributed by atoms with Gasteiger partial charge in [0.1, 0.15) is 11.5 Å². The molecule has 2 rings (SSSR count). The van der Waals surface area contributed by atoms with E-state index in [4.69, 9.17) is 14.2 Å². The van der Waals surface area contributed by atoms with Crippen LogP contribution in [0.1, 0.15) is 16.7 Å². The maximum atomic E-state index is 12.0. The molecule has 0 aromatic heterocycles. The van der Waals surface area contributed by atoms with Gasteiger partial charge in [-0.15, -0.1) is 0 Å². The van der Waals surface area contributed by atoms with E-state index in [0.29, 0.717) is 22.7 Å². The molecule has 0 fully saturated rings. The molecule has 0 bridgehead atoms. The minimum atomic E-state index is -0.629. The predicted molar refractivity (Wildman–Crippen MR) is 104 cm³/mol. The average Bonchev–Trinajstić information content (AvgIpc) is 2.67. The van der Waals surface area contributed by atoms with Crippen molar-refractivity contribution in [1.29, 1.82) is 0 Å². The second-order valence-electron chi connectivity index (χ2n) is 5.92. The van der Waals surface area contributed by atoms with E-state index in [2.05, 4.69) is 5.32 Å². The number of anilines is 1. The Balaban J connectivity index is 1.93. The summed E-state index contributed by atoms with van der Waals surface area (Å²) in [6.07, 6.45) is 2.79. The van der Waals surface area contributed by atoms with Crippen LogP contribution in [0.3, 0.4) is 0 Å². The van der Waals surface area contributed by atoms with E-state index in [1.54, 1.807) is 31.4 Å². The van der Waals surface area contributed by atoms with E-state index < -0.39 is 11.9 Å². The van der Waals surface area contributed by atoms with E-state index in [0.717, 1.165) is 11.1 Å². The zero-order valence-electron chi connectivity index (χ0n) is 15.9. The summed E-state index contributed by atoms with van der Waals surface area (Å²) in [7, 11) is 3.09. The molecule has 0 unspecified atom stereocenters. The number of hydrogen-bond donors (Lipinski definition) is 1. The molecular formula is C21H23NO5. The van der Waals surface area contributed by atoms with Crippen molar-refractivity contribution >= 4 is 23.6 Å². The Morgan fingerprint density at radius 3 is 2.52 bits per heavy atom. The Hall–Kier alpha value is -3.28. The Kier molecular flexibility index (Phi) is 7.00. The van der Waals surface area contributed by atoms with Crippen molar-refractivity contribution in [3.8, 4) is 11.5 Å². The molecule has 2 aromatic rings. The number of hydrogen-bond acceptors (Lipinski definition) is 5. The SMILES string of the molecule is COc1ccc(OC)c(/C=C/C(=O)OCC(=O)Nc2cc(C)ccc2C)c1. The van der Waals surface area contributed by atoms with Crippen molar-refractivity contribution in [3.05, 3.63) is 59.2 Å². The lowest BCUT2D eigenvalue weighted by Crippen LogP contribution is -2.20. The quantitative estimate of drug-likeness (QED) is 0.597. The van der Waals surface area contributed by atoms with Crippen molar-refractivity contribution < 1.29 is 23.8 Å². The first-order valence-corrected chi connectivity index (χ1v) is 8.37. The third-order valence-corrected chi connectivity index (χ3v) is 3.85. The summed E-state index contributed by atoms with van der Waals surface area (Å²) in [6.45, 7) is 3.46. The molecule has 0 atom stereocenters. The number of ether oxygens (including phenoxy) is 3. The summed E-state index contributed by atoms with van der Waals surface area (Å²) in [4.78, 5) is 23.9. The molecule has 27 heavy (non-hydrogen) atoms. The van der Waals surface area contributed by atoms with Gasteiger partial charge in [-0.25, -0.2) is 4.79 Å². The molecular weight excluding hydrogens is 346 g/mol. The van der Waals surface area contributed by atoms with E-state index >= 15 is 0 Å². The molecule has 0 aliphatic heterocycles. The highest BCUT2D eigenvalue weighted by Crippen LogP contribution is 2.25. The average molecular weight is 369 g/mol. The van der Waals surface area contributed by atoms with Crippen LogP contribution in [-0.4, -0.2) is 32.7 Å². The van der Waals surface area contributed by atoms with Crippen LogP contribution in [0.2, 0.25) is 0 Å². The first-order chi connectivity index (χ1) is 12.9. The van der Waals surface area contributed by atoms with E-state index in [9.17, 15) is 9.59 Å². The smallest absolute Gasteiger partial charge is 0.331 e. The Labute approximate surface area is 158 Å². The van der Waals surface area contributed by atoms with Gasteiger partial charge in [-0.1, -0.05) is 12.1 Å². The van der Waals surface area contributed by atoms with Crippen LogP contribution in [-0.2, 0) is 14.3 Å². The molecule has 6 nitrogen and oxygen atoms in total. The lowest BCUT2D eigenvalue weighted by atomic mass is 10.1. The molecule has 1 N–H and O–H groups in total. The summed E-state index contributed by atoms with van der Waals surface area (Å²) < 4.78 is 15.4. The molecule has 2 aromatic carbocycles. The van der Waals surface area contributed by atoms with Crippen LogP contribution in [0, 0.1) is 13.8 Å². The summed E-state index contributed by atoms with van der Waals surface area (Å²) in [5.74, 6) is 0.199. The number of aryl methyl sites for hydroxylation is 2. The van der Waals surface area contributed by atoms with Crippen LogP contribution in [0.15, 0.2) is 42.5 Å². The summed E-state index contributed by atoms with van der Waals surface area (Å²) >= 11 is 0. The van der Waals surface area contributed by atoms with Gasteiger partial charge in [0, 0.05) is 17.3 Å². The van der Waals surface area contributed by atoms with Crippen LogP contribution in [0.5, 0.6) is 11.5 Å². The molecule has 0 saturated heterocycles. The highest BCUT2D eigenvalue weighted by Gasteiger charge is 2.08. The fourth-order valence-corrected chi connectivity index (χ4v) is 2.37. The van der Waals surface area contributed by atoms with Gasteiger partial charge in [0.25, 0.3) is 5.91 Å². The van der Waals surface area contributed by atoms with Gasteiger partial charge < -0.3 is 19.5 Å². The van der Waals surface area contributed by atoms with Crippen LogP contribution in [0.25, 0.3) is 6.08 Å². The number of benzene rings is 2. The topological polar surface area (TPSA) is 73.9 Å². The third-order valence-electron chi connectivity index (χ3n) is 3.85. The Morgan fingerprint density at radius 2 is 1.81 bits per heavy atom. The summed E-state index contributed by atoms with van der Waals surface area (Å²) in [5.41, 5.74) is 3.33. The van der Waals surface area contributed by atoms with Gasteiger partial charge in [0.05, 0.1) is 14.2 Å². The molecule has 142 valence electrons. The van der Waals surface area contributed by atoms with Crippen molar-refractivity contribution in [1.82, 2.24) is 0 Å². The van der Waals surface area contributed by atoms with Crippen LogP contribution >= 0.6 is 0 Å². The number of esters is 1. The monoisotopic (exact) mass is 369 g/mol. The molecule has 6 heteroatoms. The number of methoxy groups -OCH3 is 2. The Bertz CT molecular complexity index is 858. The number of amides is 1.